The molecule has 0 aromatic heterocycles. The minimum atomic E-state index is -0.0578. The Balaban J connectivity index is 1.07. The third-order valence-corrected chi connectivity index (χ3v) is 16.2. The number of hydrogen-bond acceptors (Lipinski definition) is 5. The molecule has 0 fully saturated rings. The fraction of sp³-hybridized carbons (Fsp3) is 0.115. The van der Waals surface area contributed by atoms with Crippen LogP contribution < -0.4 is 63.0 Å². The quantitative estimate of drug-likeness (QED) is 0.133. The number of anilines is 7. The zero-order valence-electron chi connectivity index (χ0n) is 40.2. The molecular weight excluding hydrogens is 855 g/mol. The molecule has 4 heterocycles. The maximum absolute atomic E-state index is 7.22. The minimum Gasteiger partial charge on any atom is -0.458 e. The lowest BCUT2D eigenvalue weighted by Gasteiger charge is -2.43. The average Bonchev–Trinajstić information content (AvgIpc) is 3.34. The average molecular weight is 906 g/mol. The van der Waals surface area contributed by atoms with Gasteiger partial charge in [0.05, 0.1) is 5.69 Å². The van der Waals surface area contributed by atoms with Gasteiger partial charge in [-0.3, -0.25) is 4.31 Å². The first-order valence-corrected chi connectivity index (χ1v) is 25.4. The van der Waals surface area contributed by atoms with Crippen LogP contribution in [0.3, 0.4) is 0 Å². The summed E-state index contributed by atoms with van der Waals surface area (Å²) in [5, 5.41) is 4.14. The predicted molar refractivity (Wildman–Crippen MR) is 301 cm³/mol. The van der Waals surface area contributed by atoms with Crippen LogP contribution in [-0.4, -0.2) is 27.0 Å². The van der Waals surface area contributed by atoms with E-state index in [0.29, 0.717) is 0 Å². The van der Waals surface area contributed by atoms with Crippen molar-refractivity contribution in [1.29, 1.82) is 0 Å². The standard InChI is InChI=1S/C61H50B3N3OS/c1-35-17-11-12-24-44(35)62-45-32-49-56(27-40(45)6)68-57-31-42(59-38(4)20-16-21-39(59)5)30-55-61(57)64(49)48-33-47-50(34-53(48)67(55)69-7)65-51-28-41(58-36(2)18-15-19-37(58)3)29-54-60(51)63(47)46-25-13-14-26-52(46)66(54)43-22-9-8-10-23-43/h8-34,62,65H,1-7H3. The monoisotopic (exact) mass is 905 g/mol. The van der Waals surface area contributed by atoms with Crippen molar-refractivity contribution in [2.24, 2.45) is 0 Å². The van der Waals surface area contributed by atoms with Crippen molar-refractivity contribution in [1.82, 2.24) is 0 Å². The highest BCUT2D eigenvalue weighted by atomic mass is 32.2. The van der Waals surface area contributed by atoms with Crippen molar-refractivity contribution in [3.05, 3.63) is 197 Å². The smallest absolute Gasteiger partial charge is 0.256 e. The highest BCUT2D eigenvalue weighted by Crippen LogP contribution is 2.46. The second kappa shape index (κ2) is 15.9. The van der Waals surface area contributed by atoms with E-state index in [-0.39, 0.29) is 13.4 Å². The fourth-order valence-electron chi connectivity index (χ4n) is 12.3. The molecule has 13 rings (SSSR count). The van der Waals surface area contributed by atoms with Crippen LogP contribution >= 0.6 is 11.9 Å². The van der Waals surface area contributed by atoms with Gasteiger partial charge < -0.3 is 15.0 Å². The number of fused-ring (bicyclic) bond motifs is 8. The first-order chi connectivity index (χ1) is 33.6. The van der Waals surface area contributed by atoms with Crippen LogP contribution in [0, 0.1) is 41.5 Å². The van der Waals surface area contributed by atoms with Gasteiger partial charge in [0.25, 0.3) is 13.4 Å². The number of nitrogens with one attached hydrogen (secondary N) is 1. The Morgan fingerprint density at radius 2 is 1.09 bits per heavy atom. The summed E-state index contributed by atoms with van der Waals surface area (Å²) in [6, 6.07) is 61.5. The molecule has 0 saturated carbocycles. The summed E-state index contributed by atoms with van der Waals surface area (Å²) in [6.07, 6.45) is 2.21. The number of nitrogens with zero attached hydrogens (tertiary/aromatic N) is 2. The molecule has 1 N–H and O–H groups in total. The van der Waals surface area contributed by atoms with Gasteiger partial charge in [0.15, 0.2) is 7.28 Å². The van der Waals surface area contributed by atoms with E-state index in [1.165, 1.54) is 122 Å². The molecule has 4 aliphatic rings. The molecule has 0 saturated heterocycles. The molecule has 0 aliphatic carbocycles. The summed E-state index contributed by atoms with van der Waals surface area (Å²) >= 11 is 1.77. The number of ether oxygens (including phenoxy) is 1. The number of hydrogen-bond donors (Lipinski definition) is 1. The van der Waals surface area contributed by atoms with Gasteiger partial charge in [-0.15, -0.1) is 0 Å². The minimum absolute atomic E-state index is 0.0105. The molecule has 0 atom stereocenters. The molecular formula is C61H50B3N3OS. The number of benzene rings is 9. The van der Waals surface area contributed by atoms with Crippen molar-refractivity contribution in [3.8, 4) is 33.8 Å². The molecule has 0 unspecified atom stereocenters. The first-order valence-electron chi connectivity index (χ1n) is 24.2. The zero-order chi connectivity index (χ0) is 46.8. The molecule has 9 aromatic carbocycles. The van der Waals surface area contributed by atoms with Gasteiger partial charge in [-0.1, -0.05) is 131 Å². The van der Waals surface area contributed by atoms with Crippen molar-refractivity contribution in [2.75, 3.05) is 20.8 Å². The van der Waals surface area contributed by atoms with Crippen LogP contribution in [0.25, 0.3) is 22.3 Å². The second-order valence-electron chi connectivity index (χ2n) is 19.6. The van der Waals surface area contributed by atoms with Gasteiger partial charge in [-0.25, -0.2) is 0 Å². The lowest BCUT2D eigenvalue weighted by atomic mass is 9.30. The number of aryl methyl sites for hydroxylation is 6. The Kier molecular flexibility index (Phi) is 9.65. The van der Waals surface area contributed by atoms with E-state index in [2.05, 4.69) is 226 Å². The zero-order valence-corrected chi connectivity index (χ0v) is 41.0. The molecule has 9 aromatic rings. The van der Waals surface area contributed by atoms with Crippen LogP contribution in [0.4, 0.5) is 39.8 Å². The maximum atomic E-state index is 7.22. The summed E-state index contributed by atoms with van der Waals surface area (Å²) in [4.78, 5) is 2.49. The Hall–Kier alpha value is -7.28. The van der Waals surface area contributed by atoms with Crippen molar-refractivity contribution in [2.45, 2.75) is 41.5 Å². The topological polar surface area (TPSA) is 27.7 Å². The van der Waals surface area contributed by atoms with E-state index >= 15 is 0 Å². The number of rotatable bonds is 6. The van der Waals surface area contributed by atoms with E-state index < -0.39 is 0 Å². The lowest BCUT2D eigenvalue weighted by molar-refractivity contribution is 0.487. The van der Waals surface area contributed by atoms with E-state index in [1.807, 2.05) is 0 Å². The first kappa shape index (κ1) is 41.9. The molecule has 4 nitrogen and oxygen atoms in total. The Morgan fingerprint density at radius 3 is 1.81 bits per heavy atom. The number of para-hydroxylation sites is 2. The van der Waals surface area contributed by atoms with Crippen LogP contribution in [0.15, 0.2) is 164 Å². The SMILES string of the molecule is CSN1c2cc3c(cc2B2c4cc(Bc5ccccc5C)c(C)cc4Oc4cc(-c5c(C)cccc5C)cc1c42)B1c2ccccc2N(c2ccccc2)c2cc(-c4c(C)cccc4C)cc(c21)N3. The summed E-state index contributed by atoms with van der Waals surface area (Å²) < 4.78 is 9.69. The van der Waals surface area contributed by atoms with Crippen LogP contribution in [0.2, 0.25) is 0 Å². The van der Waals surface area contributed by atoms with E-state index in [9.17, 15) is 0 Å². The Bertz CT molecular complexity index is 3610. The second-order valence-corrected chi connectivity index (χ2v) is 20.3. The Morgan fingerprint density at radius 1 is 0.449 bits per heavy atom. The normalized spacial score (nSPS) is 13.3. The summed E-state index contributed by atoms with van der Waals surface area (Å²) in [5.41, 5.74) is 31.1. The molecule has 8 heteroatoms. The Labute approximate surface area is 411 Å². The molecule has 0 spiro atoms. The van der Waals surface area contributed by atoms with E-state index in [0.717, 1.165) is 35.8 Å². The van der Waals surface area contributed by atoms with Gasteiger partial charge in [0, 0.05) is 40.4 Å². The van der Waals surface area contributed by atoms with Crippen molar-refractivity contribution in [3.63, 3.8) is 0 Å². The largest absolute Gasteiger partial charge is 0.458 e. The summed E-state index contributed by atoms with van der Waals surface area (Å²) in [5.74, 6) is 1.87. The molecule has 330 valence electrons. The van der Waals surface area contributed by atoms with Gasteiger partial charge in [0.1, 0.15) is 11.5 Å². The van der Waals surface area contributed by atoms with E-state index in [4.69, 9.17) is 4.74 Å². The maximum Gasteiger partial charge on any atom is 0.256 e. The van der Waals surface area contributed by atoms with Crippen LogP contribution in [0.1, 0.15) is 33.4 Å². The third kappa shape index (κ3) is 6.41. The van der Waals surface area contributed by atoms with Crippen molar-refractivity contribution >= 4 is 116 Å². The van der Waals surface area contributed by atoms with Gasteiger partial charge in [0.2, 0.25) is 0 Å². The highest BCUT2D eigenvalue weighted by molar-refractivity contribution is 8.00. The van der Waals surface area contributed by atoms with E-state index in [1.54, 1.807) is 11.9 Å². The molecule has 69 heavy (non-hydrogen) atoms. The van der Waals surface area contributed by atoms with Gasteiger partial charge in [-0.05, 0) is 185 Å². The van der Waals surface area contributed by atoms with Crippen molar-refractivity contribution < 1.29 is 4.74 Å². The highest BCUT2D eigenvalue weighted by Gasteiger charge is 2.46. The molecule has 4 aliphatic heterocycles. The third-order valence-electron chi connectivity index (χ3n) is 15.5. The predicted octanol–water partition coefficient (Wildman–Crippen LogP) is 9.97. The van der Waals surface area contributed by atoms with Gasteiger partial charge >= 0.3 is 0 Å². The fourth-order valence-corrected chi connectivity index (χ4v) is 13.0. The van der Waals surface area contributed by atoms with Crippen LogP contribution in [-0.2, 0) is 0 Å². The molecule has 0 amide bonds. The summed E-state index contributed by atoms with van der Waals surface area (Å²) in [6.45, 7) is 13.3. The lowest BCUT2D eigenvalue weighted by Crippen LogP contribution is -2.64. The molecule has 0 bridgehead atoms. The van der Waals surface area contributed by atoms with Gasteiger partial charge in [-0.2, -0.15) is 0 Å². The summed E-state index contributed by atoms with van der Waals surface area (Å²) in [7, 11) is 0.863. The molecule has 0 radical (unpaired) electrons. The van der Waals surface area contributed by atoms with Crippen LogP contribution in [0.5, 0.6) is 11.5 Å².